The van der Waals surface area contributed by atoms with Gasteiger partial charge in [-0.15, -0.1) is 0 Å². The topological polar surface area (TPSA) is 103 Å². The average Bonchev–Trinajstić information content (AvgIpc) is 3.07. The van der Waals surface area contributed by atoms with Crippen molar-refractivity contribution in [3.05, 3.63) is 51.4 Å². The Morgan fingerprint density at radius 2 is 1.88 bits per heavy atom. The fourth-order valence-corrected chi connectivity index (χ4v) is 2.77. The van der Waals surface area contributed by atoms with Gasteiger partial charge in [-0.1, -0.05) is 0 Å². The van der Waals surface area contributed by atoms with Gasteiger partial charge >= 0.3 is 5.69 Å². The molecule has 3 rings (SSSR count). The molecule has 26 heavy (non-hydrogen) atoms. The summed E-state index contributed by atoms with van der Waals surface area (Å²) in [6.07, 6.45) is 0.707. The molecule has 9 nitrogen and oxygen atoms in total. The Labute approximate surface area is 149 Å². The number of aromatic nitrogens is 4. The zero-order valence-corrected chi connectivity index (χ0v) is 14.8. The maximum atomic E-state index is 12.4. The van der Waals surface area contributed by atoms with Gasteiger partial charge in [-0.3, -0.25) is 13.9 Å². The molecule has 0 aliphatic rings. The smallest absolute Gasteiger partial charge is 0.332 e. The highest BCUT2D eigenvalue weighted by atomic mass is 16.5. The van der Waals surface area contributed by atoms with Gasteiger partial charge in [0, 0.05) is 26.3 Å². The lowest BCUT2D eigenvalue weighted by atomic mass is 10.2. The maximum Gasteiger partial charge on any atom is 0.332 e. The number of methoxy groups -OCH3 is 1. The van der Waals surface area contributed by atoms with Crippen LogP contribution in [0.3, 0.4) is 0 Å². The second-order valence-corrected chi connectivity index (χ2v) is 6.04. The van der Waals surface area contributed by atoms with Crippen molar-refractivity contribution in [3.63, 3.8) is 0 Å². The Morgan fingerprint density at radius 3 is 2.54 bits per heavy atom. The number of imidazole rings is 1. The number of nitrogens with one attached hydrogen (secondary N) is 1. The van der Waals surface area contributed by atoms with Gasteiger partial charge < -0.3 is 19.7 Å². The summed E-state index contributed by atoms with van der Waals surface area (Å²) in [5, 5.41) is 13.4. The van der Waals surface area contributed by atoms with E-state index in [4.69, 9.17) is 4.74 Å². The van der Waals surface area contributed by atoms with Crippen LogP contribution in [0, 0.1) is 0 Å². The van der Waals surface area contributed by atoms with Crippen molar-refractivity contribution in [2.75, 3.05) is 19.0 Å². The van der Waals surface area contributed by atoms with Crippen molar-refractivity contribution in [3.8, 4) is 5.75 Å². The molecule has 2 heterocycles. The normalized spacial score (nSPS) is 12.3. The average molecular weight is 359 g/mol. The number of aryl methyl sites for hydroxylation is 1. The van der Waals surface area contributed by atoms with Crippen LogP contribution in [-0.2, 0) is 20.6 Å². The van der Waals surface area contributed by atoms with Crippen LogP contribution in [0.25, 0.3) is 11.2 Å². The minimum atomic E-state index is -0.753. The standard InChI is InChI=1S/C17H21N5O4/c1-20-15-14(16(24)21(2)17(20)25)22(10-19-15)9-12(23)8-18-11-4-6-13(26-3)7-5-11/h4-7,10,12,18,23H,8-9H2,1-3H3/t12-/m0/s1. The molecule has 0 aliphatic carbocycles. The van der Waals surface area contributed by atoms with E-state index in [1.165, 1.54) is 17.9 Å². The lowest BCUT2D eigenvalue weighted by Crippen LogP contribution is -2.38. The van der Waals surface area contributed by atoms with Crippen molar-refractivity contribution in [2.24, 2.45) is 14.1 Å². The lowest BCUT2D eigenvalue weighted by molar-refractivity contribution is 0.168. The van der Waals surface area contributed by atoms with Gasteiger partial charge in [0.05, 0.1) is 26.1 Å². The van der Waals surface area contributed by atoms with Crippen molar-refractivity contribution < 1.29 is 9.84 Å². The Balaban J connectivity index is 1.76. The third-order valence-corrected chi connectivity index (χ3v) is 4.26. The zero-order valence-electron chi connectivity index (χ0n) is 14.8. The van der Waals surface area contributed by atoms with E-state index >= 15 is 0 Å². The number of anilines is 1. The van der Waals surface area contributed by atoms with Crippen LogP contribution >= 0.6 is 0 Å². The molecule has 3 aromatic rings. The van der Waals surface area contributed by atoms with Crippen LogP contribution in [0.2, 0.25) is 0 Å². The fraction of sp³-hybridized carbons (Fsp3) is 0.353. The monoisotopic (exact) mass is 359 g/mol. The Kier molecular flexibility index (Phi) is 4.81. The molecule has 9 heteroatoms. The number of nitrogens with zero attached hydrogens (tertiary/aromatic N) is 4. The molecule has 0 saturated heterocycles. The second-order valence-electron chi connectivity index (χ2n) is 6.04. The van der Waals surface area contributed by atoms with E-state index in [2.05, 4.69) is 10.3 Å². The van der Waals surface area contributed by atoms with Crippen molar-refractivity contribution >= 4 is 16.9 Å². The van der Waals surface area contributed by atoms with Crippen molar-refractivity contribution in [2.45, 2.75) is 12.6 Å². The van der Waals surface area contributed by atoms with Gasteiger partial charge in [0.2, 0.25) is 0 Å². The van der Waals surface area contributed by atoms with Crippen LogP contribution in [0.4, 0.5) is 5.69 Å². The van der Waals surface area contributed by atoms with Crippen molar-refractivity contribution in [1.29, 1.82) is 0 Å². The first kappa shape index (κ1) is 17.7. The predicted molar refractivity (Wildman–Crippen MR) is 97.7 cm³/mol. The van der Waals surface area contributed by atoms with Crippen LogP contribution < -0.4 is 21.3 Å². The van der Waals surface area contributed by atoms with Gasteiger partial charge in [0.25, 0.3) is 5.56 Å². The quantitative estimate of drug-likeness (QED) is 0.638. The summed E-state index contributed by atoms with van der Waals surface area (Å²) >= 11 is 0. The van der Waals surface area contributed by atoms with Gasteiger partial charge in [0.1, 0.15) is 5.75 Å². The summed E-state index contributed by atoms with van der Waals surface area (Å²) in [6.45, 7) is 0.463. The summed E-state index contributed by atoms with van der Waals surface area (Å²) in [5.41, 5.74) is 0.565. The molecule has 2 N–H and O–H groups in total. The number of hydrogen-bond donors (Lipinski definition) is 2. The summed E-state index contributed by atoms with van der Waals surface area (Å²) in [4.78, 5) is 28.5. The molecule has 1 atom stereocenters. The predicted octanol–water partition coefficient (Wildman–Crippen LogP) is -0.0847. The third-order valence-electron chi connectivity index (χ3n) is 4.26. The third kappa shape index (κ3) is 3.21. The zero-order chi connectivity index (χ0) is 18.8. The highest BCUT2D eigenvalue weighted by Crippen LogP contribution is 2.15. The summed E-state index contributed by atoms with van der Waals surface area (Å²) in [6, 6.07) is 7.35. The number of ether oxygens (including phenoxy) is 1. The Hall–Kier alpha value is -3.07. The molecule has 0 bridgehead atoms. The van der Waals surface area contributed by atoms with E-state index < -0.39 is 17.4 Å². The number of aliphatic hydroxyl groups is 1. The van der Waals surface area contributed by atoms with E-state index in [1.54, 1.807) is 18.7 Å². The van der Waals surface area contributed by atoms with Gasteiger partial charge in [0.15, 0.2) is 11.2 Å². The van der Waals surface area contributed by atoms with Gasteiger partial charge in [-0.05, 0) is 24.3 Å². The number of hydrogen-bond acceptors (Lipinski definition) is 6. The second kappa shape index (κ2) is 7.04. The van der Waals surface area contributed by atoms with Crippen LogP contribution in [-0.4, -0.2) is 43.6 Å². The highest BCUT2D eigenvalue weighted by Gasteiger charge is 2.16. The van der Waals surface area contributed by atoms with Crippen LogP contribution in [0.5, 0.6) is 5.75 Å². The molecule has 2 aromatic heterocycles. The highest BCUT2D eigenvalue weighted by molar-refractivity contribution is 5.69. The summed E-state index contributed by atoms with van der Waals surface area (Å²) < 4.78 is 9.01. The molecule has 0 aliphatic heterocycles. The van der Waals surface area contributed by atoms with E-state index in [-0.39, 0.29) is 18.6 Å². The summed E-state index contributed by atoms with van der Waals surface area (Å²) in [7, 11) is 4.58. The molecular formula is C17H21N5O4. The maximum absolute atomic E-state index is 12.4. The first-order valence-corrected chi connectivity index (χ1v) is 8.09. The molecule has 0 fully saturated rings. The molecule has 1 aromatic carbocycles. The fourth-order valence-electron chi connectivity index (χ4n) is 2.77. The van der Waals surface area contributed by atoms with Crippen molar-refractivity contribution in [1.82, 2.24) is 18.7 Å². The summed E-state index contributed by atoms with van der Waals surface area (Å²) in [5.74, 6) is 0.752. The van der Waals surface area contributed by atoms with Gasteiger partial charge in [-0.25, -0.2) is 9.78 Å². The largest absolute Gasteiger partial charge is 0.497 e. The Bertz CT molecular complexity index is 1030. The Morgan fingerprint density at radius 1 is 1.19 bits per heavy atom. The molecule has 0 spiro atoms. The lowest BCUT2D eigenvalue weighted by Gasteiger charge is -2.14. The number of fused-ring (bicyclic) bond motifs is 1. The van der Waals surface area contributed by atoms with Gasteiger partial charge in [-0.2, -0.15) is 0 Å². The number of aliphatic hydroxyl groups excluding tert-OH is 1. The molecular weight excluding hydrogens is 338 g/mol. The SMILES string of the molecule is COc1ccc(NC[C@H](O)Cn2cnc3c2c(=O)n(C)c(=O)n3C)cc1. The molecule has 0 unspecified atom stereocenters. The van der Waals surface area contributed by atoms with E-state index in [0.717, 1.165) is 16.0 Å². The van der Waals surface area contributed by atoms with Crippen LogP contribution in [0.15, 0.2) is 40.2 Å². The van der Waals surface area contributed by atoms with Crippen LogP contribution in [0.1, 0.15) is 0 Å². The molecule has 138 valence electrons. The van der Waals surface area contributed by atoms with E-state index in [0.29, 0.717) is 5.65 Å². The number of benzene rings is 1. The van der Waals surface area contributed by atoms with E-state index in [1.807, 2.05) is 24.3 Å². The first-order chi connectivity index (χ1) is 12.4. The van der Waals surface area contributed by atoms with E-state index in [9.17, 15) is 14.7 Å². The minimum Gasteiger partial charge on any atom is -0.497 e. The molecule has 0 amide bonds. The molecule has 0 radical (unpaired) electrons. The first-order valence-electron chi connectivity index (χ1n) is 8.09. The number of rotatable bonds is 6. The minimum absolute atomic E-state index is 0.174. The molecule has 0 saturated carbocycles.